The topological polar surface area (TPSA) is 47.0 Å². The molecule has 0 bridgehead atoms. The van der Waals surface area contributed by atoms with Gasteiger partial charge < -0.3 is 0 Å². The Hall–Kier alpha value is -2.76. The number of hydrogen-bond donors (Lipinski definition) is 0. The number of fused-ring (bicyclic) bond motifs is 1. The van der Waals surface area contributed by atoms with Crippen molar-refractivity contribution in [3.63, 3.8) is 0 Å². The maximum absolute atomic E-state index is 13.0. The van der Waals surface area contributed by atoms with Crippen LogP contribution in [0.1, 0.15) is 32.0 Å². The summed E-state index contributed by atoms with van der Waals surface area (Å²) in [7, 11) is 0. The van der Waals surface area contributed by atoms with Gasteiger partial charge in [-0.25, -0.2) is 0 Å². The molecule has 0 fully saturated rings. The van der Waals surface area contributed by atoms with E-state index in [1.54, 1.807) is 12.1 Å². The Morgan fingerprint density at radius 3 is 2.35 bits per heavy atom. The molecule has 0 aliphatic heterocycles. The lowest BCUT2D eigenvalue weighted by molar-refractivity contribution is -0.138. The van der Waals surface area contributed by atoms with Crippen molar-refractivity contribution in [1.82, 2.24) is 4.98 Å². The molecule has 3 nitrogen and oxygen atoms in total. The predicted octanol–water partition coefficient (Wildman–Crippen LogP) is 3.65. The number of ketones is 2. The van der Waals surface area contributed by atoms with Gasteiger partial charge in [-0.15, -0.1) is 0 Å². The standard InChI is InChI=1S/C17H10F3NO2/c18-17(19,20)13-6-3-7-21-14(13)8-10-9-15(22)11-4-1-2-5-12(11)16(10)23/h1-7,9H,8H2. The van der Waals surface area contributed by atoms with Crippen molar-refractivity contribution < 1.29 is 22.8 Å². The van der Waals surface area contributed by atoms with E-state index < -0.39 is 17.5 Å². The number of nitrogens with zero attached hydrogens (tertiary/aromatic N) is 1. The molecule has 0 saturated heterocycles. The zero-order chi connectivity index (χ0) is 16.6. The molecule has 0 saturated carbocycles. The molecule has 1 aromatic heterocycles. The van der Waals surface area contributed by atoms with Crippen LogP contribution >= 0.6 is 0 Å². The molecule has 23 heavy (non-hydrogen) atoms. The summed E-state index contributed by atoms with van der Waals surface area (Å²) < 4.78 is 39.0. The second kappa shape index (κ2) is 5.46. The van der Waals surface area contributed by atoms with Crippen LogP contribution in [0.3, 0.4) is 0 Å². The fourth-order valence-corrected chi connectivity index (χ4v) is 2.52. The Kier molecular flexibility index (Phi) is 3.60. The van der Waals surface area contributed by atoms with Gasteiger partial charge in [-0.1, -0.05) is 24.3 Å². The third kappa shape index (κ3) is 2.79. The molecule has 6 heteroatoms. The Bertz CT molecular complexity index is 838. The van der Waals surface area contributed by atoms with E-state index in [4.69, 9.17) is 0 Å². The van der Waals surface area contributed by atoms with Crippen LogP contribution in [-0.2, 0) is 12.6 Å². The first-order valence-corrected chi connectivity index (χ1v) is 6.77. The molecule has 0 N–H and O–H groups in total. The molecule has 0 atom stereocenters. The van der Waals surface area contributed by atoms with Gasteiger partial charge in [-0.3, -0.25) is 14.6 Å². The summed E-state index contributed by atoms with van der Waals surface area (Å²) >= 11 is 0. The highest BCUT2D eigenvalue weighted by Crippen LogP contribution is 2.33. The molecule has 1 aliphatic carbocycles. The van der Waals surface area contributed by atoms with Crippen LogP contribution in [0.25, 0.3) is 0 Å². The minimum Gasteiger partial charge on any atom is -0.289 e. The van der Waals surface area contributed by atoms with Gasteiger partial charge in [0.1, 0.15) is 0 Å². The quantitative estimate of drug-likeness (QED) is 0.849. The minimum absolute atomic E-state index is 0.0119. The van der Waals surface area contributed by atoms with Gasteiger partial charge in [0.15, 0.2) is 11.6 Å². The minimum atomic E-state index is -4.57. The summed E-state index contributed by atoms with van der Waals surface area (Å²) in [5.41, 5.74) is -0.692. The predicted molar refractivity (Wildman–Crippen MR) is 76.1 cm³/mol. The molecule has 2 aromatic rings. The summed E-state index contributed by atoms with van der Waals surface area (Å²) in [5, 5.41) is 0. The highest BCUT2D eigenvalue weighted by Gasteiger charge is 2.35. The van der Waals surface area contributed by atoms with Crippen LogP contribution in [-0.4, -0.2) is 16.6 Å². The Balaban J connectivity index is 2.00. The lowest BCUT2D eigenvalue weighted by Gasteiger charge is -2.16. The average molecular weight is 317 g/mol. The first-order chi connectivity index (χ1) is 10.9. The van der Waals surface area contributed by atoms with Crippen LogP contribution in [0.5, 0.6) is 0 Å². The van der Waals surface area contributed by atoms with E-state index >= 15 is 0 Å². The first-order valence-electron chi connectivity index (χ1n) is 6.77. The van der Waals surface area contributed by atoms with E-state index in [2.05, 4.69) is 4.98 Å². The van der Waals surface area contributed by atoms with Gasteiger partial charge in [-0.2, -0.15) is 13.2 Å². The number of benzene rings is 1. The number of aromatic nitrogens is 1. The van der Waals surface area contributed by atoms with Crippen molar-refractivity contribution >= 4 is 11.6 Å². The third-order valence-electron chi connectivity index (χ3n) is 3.59. The molecule has 0 unspecified atom stereocenters. The summed E-state index contributed by atoms with van der Waals surface area (Å²) in [6.07, 6.45) is -2.58. The molecule has 1 aromatic carbocycles. The van der Waals surface area contributed by atoms with E-state index in [1.165, 1.54) is 24.4 Å². The molecular weight excluding hydrogens is 307 g/mol. The second-order valence-electron chi connectivity index (χ2n) is 5.08. The van der Waals surface area contributed by atoms with Gasteiger partial charge in [0, 0.05) is 29.3 Å². The van der Waals surface area contributed by atoms with Crippen LogP contribution in [0.4, 0.5) is 13.2 Å². The van der Waals surface area contributed by atoms with Crippen molar-refractivity contribution in [3.05, 3.63) is 76.6 Å². The fraction of sp³-hybridized carbons (Fsp3) is 0.118. The van der Waals surface area contributed by atoms with Crippen LogP contribution in [0, 0.1) is 0 Å². The van der Waals surface area contributed by atoms with Crippen molar-refractivity contribution in [2.24, 2.45) is 0 Å². The Morgan fingerprint density at radius 1 is 0.957 bits per heavy atom. The van der Waals surface area contributed by atoms with E-state index in [0.29, 0.717) is 0 Å². The van der Waals surface area contributed by atoms with E-state index in [9.17, 15) is 22.8 Å². The van der Waals surface area contributed by atoms with Crippen molar-refractivity contribution in [2.45, 2.75) is 12.6 Å². The summed E-state index contributed by atoms with van der Waals surface area (Å²) in [5.74, 6) is -0.835. The van der Waals surface area contributed by atoms with E-state index in [-0.39, 0.29) is 34.6 Å². The van der Waals surface area contributed by atoms with E-state index in [1.807, 2.05) is 0 Å². The van der Waals surface area contributed by atoms with Gasteiger partial charge in [0.05, 0.1) is 11.3 Å². The number of carbonyl (C=O) groups excluding carboxylic acids is 2. The maximum Gasteiger partial charge on any atom is 0.418 e. The number of alkyl halides is 3. The van der Waals surface area contributed by atoms with Gasteiger partial charge in [0.25, 0.3) is 0 Å². The fourth-order valence-electron chi connectivity index (χ4n) is 2.52. The van der Waals surface area contributed by atoms with Crippen LogP contribution in [0.2, 0.25) is 0 Å². The average Bonchev–Trinajstić information content (AvgIpc) is 2.52. The molecule has 116 valence electrons. The summed E-state index contributed by atoms with van der Waals surface area (Å²) in [6.45, 7) is 0. The normalized spacial score (nSPS) is 14.5. The number of allylic oxidation sites excluding steroid dienone is 2. The van der Waals surface area contributed by atoms with E-state index in [0.717, 1.165) is 12.1 Å². The monoisotopic (exact) mass is 317 g/mol. The maximum atomic E-state index is 13.0. The SMILES string of the molecule is O=C1C=C(Cc2ncccc2C(F)(F)F)C(=O)c2ccccc21. The number of Topliss-reactive ketones (excluding diaryl/α,β-unsaturated/α-hetero) is 1. The van der Waals surface area contributed by atoms with Crippen LogP contribution in [0.15, 0.2) is 54.2 Å². The highest BCUT2D eigenvalue weighted by molar-refractivity contribution is 6.24. The Morgan fingerprint density at radius 2 is 1.65 bits per heavy atom. The summed E-state index contributed by atoms with van der Waals surface area (Å²) in [4.78, 5) is 28.2. The smallest absolute Gasteiger partial charge is 0.289 e. The molecule has 0 spiro atoms. The zero-order valence-corrected chi connectivity index (χ0v) is 11.7. The molecule has 0 radical (unpaired) electrons. The van der Waals surface area contributed by atoms with Crippen LogP contribution < -0.4 is 0 Å². The number of hydrogen-bond acceptors (Lipinski definition) is 3. The zero-order valence-electron chi connectivity index (χ0n) is 11.7. The first kappa shape index (κ1) is 15.1. The van der Waals surface area contributed by atoms with Gasteiger partial charge in [0.2, 0.25) is 0 Å². The largest absolute Gasteiger partial charge is 0.418 e. The number of pyridine rings is 1. The molecule has 0 amide bonds. The molecular formula is C17H10F3NO2. The van der Waals surface area contributed by atoms with Gasteiger partial charge >= 0.3 is 6.18 Å². The van der Waals surface area contributed by atoms with Gasteiger partial charge in [-0.05, 0) is 18.2 Å². The molecule has 1 aliphatic rings. The lowest BCUT2D eigenvalue weighted by atomic mass is 9.87. The van der Waals surface area contributed by atoms with Crippen molar-refractivity contribution in [3.8, 4) is 0 Å². The lowest BCUT2D eigenvalue weighted by Crippen LogP contribution is -2.20. The summed E-state index contributed by atoms with van der Waals surface area (Å²) in [6, 6.07) is 8.34. The second-order valence-corrected chi connectivity index (χ2v) is 5.08. The number of halogens is 3. The number of carbonyl (C=O) groups is 2. The van der Waals surface area contributed by atoms with Crippen molar-refractivity contribution in [1.29, 1.82) is 0 Å². The Labute approximate surface area is 129 Å². The molecule has 1 heterocycles. The third-order valence-corrected chi connectivity index (χ3v) is 3.59. The number of rotatable bonds is 2. The molecule has 3 rings (SSSR count). The van der Waals surface area contributed by atoms with Crippen molar-refractivity contribution in [2.75, 3.05) is 0 Å². The highest BCUT2D eigenvalue weighted by atomic mass is 19.4.